The van der Waals surface area contributed by atoms with Crippen LogP contribution < -0.4 is 5.73 Å². The first-order valence-electron chi connectivity index (χ1n) is 11.8. The van der Waals surface area contributed by atoms with Gasteiger partial charge < -0.3 is 10.5 Å². The van der Waals surface area contributed by atoms with Gasteiger partial charge in [0.05, 0.1) is 19.3 Å². The minimum absolute atomic E-state index is 0.0458. The number of rotatable bonds is 11. The summed E-state index contributed by atoms with van der Waals surface area (Å²) in [4.78, 5) is 26.9. The molecule has 2 N–H and O–H groups in total. The number of hydrogen-bond acceptors (Lipinski definition) is 8. The van der Waals surface area contributed by atoms with Crippen molar-refractivity contribution in [2.24, 2.45) is 5.73 Å². The van der Waals surface area contributed by atoms with E-state index in [-0.39, 0.29) is 19.3 Å². The lowest BCUT2D eigenvalue weighted by Crippen LogP contribution is -2.41. The third kappa shape index (κ3) is 7.58. The second-order valence-corrected chi connectivity index (χ2v) is 10.3. The zero-order valence-electron chi connectivity index (χ0n) is 20.4. The van der Waals surface area contributed by atoms with Crippen molar-refractivity contribution in [3.63, 3.8) is 0 Å². The summed E-state index contributed by atoms with van der Waals surface area (Å²) >= 11 is 0. The molecule has 1 fully saturated rings. The van der Waals surface area contributed by atoms with Crippen LogP contribution in [-0.2, 0) is 36.1 Å². The summed E-state index contributed by atoms with van der Waals surface area (Å²) in [6.07, 6.45) is -0.493. The van der Waals surface area contributed by atoms with E-state index in [0.717, 1.165) is 21.6 Å². The fourth-order valence-electron chi connectivity index (χ4n) is 3.48. The second kappa shape index (κ2) is 12.3. The van der Waals surface area contributed by atoms with Crippen LogP contribution in [0.25, 0.3) is 0 Å². The molecule has 0 radical (unpaired) electrons. The van der Waals surface area contributed by atoms with Crippen LogP contribution in [0.3, 0.4) is 0 Å². The Morgan fingerprint density at radius 2 is 1.38 bits per heavy atom. The molecule has 0 spiro atoms. The quantitative estimate of drug-likeness (QED) is 0.269. The number of nitrogens with two attached hydrogens (primary N) is 1. The van der Waals surface area contributed by atoms with Crippen LogP contribution in [0.1, 0.15) is 33.5 Å². The van der Waals surface area contributed by atoms with Gasteiger partial charge in [-0.05, 0) is 36.6 Å². The Morgan fingerprint density at radius 3 is 1.86 bits per heavy atom. The normalized spacial score (nSPS) is 16.7. The lowest BCUT2D eigenvalue weighted by Gasteiger charge is -2.22. The van der Waals surface area contributed by atoms with Gasteiger partial charge in [0.1, 0.15) is 0 Å². The summed E-state index contributed by atoms with van der Waals surface area (Å²) in [7, 11) is -4.15. The first kappa shape index (κ1) is 26.7. The number of phosphoric acid groups is 1. The van der Waals surface area contributed by atoms with Gasteiger partial charge in [0, 0.05) is 11.6 Å². The number of amides is 2. The molecule has 1 saturated carbocycles. The van der Waals surface area contributed by atoms with Gasteiger partial charge in [0.2, 0.25) is 6.79 Å². The van der Waals surface area contributed by atoms with Gasteiger partial charge in [-0.3, -0.25) is 13.8 Å². The number of carbonyl (C=O) groups excluding carboxylic acids is 2. The molecular weight excluding hydrogens is 495 g/mol. The summed E-state index contributed by atoms with van der Waals surface area (Å²) in [6.45, 7) is 1.05. The Kier molecular flexibility index (Phi) is 8.87. The van der Waals surface area contributed by atoms with Gasteiger partial charge in [0.15, 0.2) is 0 Å². The Bertz CT molecular complexity index is 1190. The van der Waals surface area contributed by atoms with Crippen molar-refractivity contribution >= 4 is 19.8 Å². The van der Waals surface area contributed by atoms with E-state index in [2.05, 4.69) is 0 Å². The summed E-state index contributed by atoms with van der Waals surface area (Å²) in [6, 6.07) is 24.2. The van der Waals surface area contributed by atoms with Crippen molar-refractivity contribution < 1.29 is 32.5 Å². The summed E-state index contributed by atoms with van der Waals surface area (Å²) < 4.78 is 34.8. The first-order valence-corrected chi connectivity index (χ1v) is 13.2. The monoisotopic (exact) mass is 524 g/mol. The number of benzene rings is 3. The summed E-state index contributed by atoms with van der Waals surface area (Å²) in [5.41, 5.74) is 8.72. The molecule has 1 aliphatic carbocycles. The standard InChI is InChI=1S/C27H29N2O7P/c1-20-12-14-23(15-13-20)26(30)29(25-16-24(25)28)27(31)33-19-36-37(32,34-17-21-8-4-2-5-9-21)35-18-22-10-6-3-7-11-22/h2-15,24-25H,16-19,28H2,1H3. The molecule has 0 saturated heterocycles. The molecule has 3 aromatic rings. The minimum atomic E-state index is -4.15. The van der Waals surface area contributed by atoms with Gasteiger partial charge in [0.25, 0.3) is 5.91 Å². The van der Waals surface area contributed by atoms with Crippen LogP contribution in [-0.4, -0.2) is 35.8 Å². The van der Waals surface area contributed by atoms with Crippen LogP contribution in [0.15, 0.2) is 84.9 Å². The molecule has 3 aromatic carbocycles. The van der Waals surface area contributed by atoms with Gasteiger partial charge >= 0.3 is 13.9 Å². The summed E-state index contributed by atoms with van der Waals surface area (Å²) in [5.74, 6) is -0.535. The Balaban J connectivity index is 1.40. The van der Waals surface area contributed by atoms with Crippen molar-refractivity contribution in [3.8, 4) is 0 Å². The Hall–Kier alpha value is -3.33. The molecule has 0 aliphatic heterocycles. The number of hydrogen-bond donors (Lipinski definition) is 1. The van der Waals surface area contributed by atoms with Crippen molar-refractivity contribution in [2.75, 3.05) is 6.79 Å². The highest BCUT2D eigenvalue weighted by Crippen LogP contribution is 2.51. The number of imide groups is 1. The fourth-order valence-corrected chi connectivity index (χ4v) is 4.50. The van der Waals surface area contributed by atoms with E-state index in [1.807, 2.05) is 43.3 Å². The van der Waals surface area contributed by atoms with Crippen molar-refractivity contribution in [1.82, 2.24) is 4.90 Å². The first-order chi connectivity index (χ1) is 17.8. The van der Waals surface area contributed by atoms with E-state index in [1.165, 1.54) is 0 Å². The molecule has 1 aliphatic rings. The van der Waals surface area contributed by atoms with Gasteiger partial charge in [-0.1, -0.05) is 78.4 Å². The molecule has 0 bridgehead atoms. The van der Waals surface area contributed by atoms with Crippen LogP contribution in [0.2, 0.25) is 0 Å². The van der Waals surface area contributed by atoms with Gasteiger partial charge in [-0.15, -0.1) is 0 Å². The SMILES string of the molecule is Cc1ccc(C(=O)N(C(=O)OCOP(=O)(OCc2ccccc2)OCc2ccccc2)C2CC2N)cc1. The highest BCUT2D eigenvalue weighted by molar-refractivity contribution is 7.48. The van der Waals surface area contributed by atoms with Gasteiger partial charge in [-0.2, -0.15) is 0 Å². The van der Waals surface area contributed by atoms with E-state index < -0.39 is 32.7 Å². The van der Waals surface area contributed by atoms with Crippen LogP contribution in [0.4, 0.5) is 4.79 Å². The third-order valence-electron chi connectivity index (χ3n) is 5.71. The number of nitrogens with zero attached hydrogens (tertiary/aromatic N) is 1. The van der Waals surface area contributed by atoms with E-state index in [9.17, 15) is 14.2 Å². The number of aryl methyl sites for hydroxylation is 1. The lowest BCUT2D eigenvalue weighted by atomic mass is 10.1. The maximum absolute atomic E-state index is 13.3. The molecule has 2 unspecified atom stereocenters. The van der Waals surface area contributed by atoms with E-state index in [4.69, 9.17) is 24.0 Å². The van der Waals surface area contributed by atoms with Crippen molar-refractivity contribution in [3.05, 3.63) is 107 Å². The zero-order valence-corrected chi connectivity index (χ0v) is 21.3. The van der Waals surface area contributed by atoms with Crippen LogP contribution in [0, 0.1) is 6.92 Å². The number of ether oxygens (including phenoxy) is 1. The third-order valence-corrected chi connectivity index (χ3v) is 7.02. The molecule has 0 heterocycles. The average molecular weight is 525 g/mol. The maximum atomic E-state index is 13.3. The fraction of sp³-hybridized carbons (Fsp3) is 0.259. The molecule has 2 amide bonds. The van der Waals surface area contributed by atoms with Gasteiger partial charge in [-0.25, -0.2) is 18.8 Å². The van der Waals surface area contributed by atoms with Crippen molar-refractivity contribution in [1.29, 1.82) is 0 Å². The van der Waals surface area contributed by atoms with Crippen molar-refractivity contribution in [2.45, 2.75) is 38.6 Å². The number of phosphoric ester groups is 1. The molecule has 194 valence electrons. The van der Waals surface area contributed by atoms with E-state index in [0.29, 0.717) is 12.0 Å². The van der Waals surface area contributed by atoms with Crippen LogP contribution >= 0.6 is 7.82 Å². The zero-order chi connectivity index (χ0) is 26.3. The number of carbonyl (C=O) groups is 2. The molecule has 2 atom stereocenters. The lowest BCUT2D eigenvalue weighted by molar-refractivity contribution is 0.00405. The molecule has 9 nitrogen and oxygen atoms in total. The highest BCUT2D eigenvalue weighted by Gasteiger charge is 2.46. The largest absolute Gasteiger partial charge is 0.478 e. The predicted octanol–water partition coefficient (Wildman–Crippen LogP) is 5.19. The molecule has 0 aromatic heterocycles. The smallest absolute Gasteiger partial charge is 0.421 e. The molecule has 10 heteroatoms. The highest BCUT2D eigenvalue weighted by atomic mass is 31.2. The Labute approximate surface area is 215 Å². The molecular formula is C27H29N2O7P. The van der Waals surface area contributed by atoms with E-state index >= 15 is 0 Å². The summed E-state index contributed by atoms with van der Waals surface area (Å²) in [5, 5.41) is 0. The topological polar surface area (TPSA) is 117 Å². The molecule has 37 heavy (non-hydrogen) atoms. The average Bonchev–Trinajstić information content (AvgIpc) is 3.63. The predicted molar refractivity (Wildman–Crippen MR) is 136 cm³/mol. The van der Waals surface area contributed by atoms with Crippen LogP contribution in [0.5, 0.6) is 0 Å². The second-order valence-electron chi connectivity index (χ2n) is 8.63. The Morgan fingerprint density at radius 1 is 0.865 bits per heavy atom. The maximum Gasteiger partial charge on any atom is 0.478 e. The van der Waals surface area contributed by atoms with E-state index in [1.54, 1.807) is 48.5 Å². The minimum Gasteiger partial charge on any atom is -0.421 e. The molecule has 4 rings (SSSR count).